The molecule has 1 heterocycles. The van der Waals surface area contributed by atoms with Crippen LogP contribution >= 0.6 is 0 Å². The maximum atomic E-state index is 12.7. The molecule has 31 heavy (non-hydrogen) atoms. The molecule has 0 radical (unpaired) electrons. The van der Waals surface area contributed by atoms with Gasteiger partial charge in [-0.3, -0.25) is 14.8 Å². The molecular formula is C20H23N3O7S. The highest BCUT2D eigenvalue weighted by Crippen LogP contribution is 2.22. The summed E-state index contributed by atoms with van der Waals surface area (Å²) in [4.78, 5) is 25.8. The molecule has 3 rings (SSSR count). The van der Waals surface area contributed by atoms with Crippen LogP contribution in [0.4, 0.5) is 0 Å². The maximum Gasteiger partial charge on any atom is 0.262 e. The Morgan fingerprint density at radius 3 is 2.26 bits per heavy atom. The number of sulfonamides is 1. The van der Waals surface area contributed by atoms with E-state index >= 15 is 0 Å². The average Bonchev–Trinajstić information content (AvgIpc) is 2.79. The quantitative estimate of drug-likeness (QED) is 0.402. The van der Waals surface area contributed by atoms with E-state index in [0.717, 1.165) is 0 Å². The second-order valence-corrected chi connectivity index (χ2v) is 8.45. The lowest BCUT2D eigenvalue weighted by molar-refractivity contribution is -0.140. The van der Waals surface area contributed by atoms with E-state index in [2.05, 4.69) is 4.72 Å². The van der Waals surface area contributed by atoms with E-state index in [9.17, 15) is 18.0 Å². The molecule has 0 aromatic heterocycles. The van der Waals surface area contributed by atoms with Crippen LogP contribution in [-0.4, -0.2) is 62.7 Å². The molecule has 2 aromatic carbocycles. The van der Waals surface area contributed by atoms with Gasteiger partial charge < -0.3 is 14.4 Å². The third kappa shape index (κ3) is 6.25. The number of ether oxygens (including phenoxy) is 2. The number of morpholine rings is 1. The number of rotatable bonds is 8. The van der Waals surface area contributed by atoms with Gasteiger partial charge in [-0.15, -0.1) is 0 Å². The minimum absolute atomic E-state index is 0.123. The van der Waals surface area contributed by atoms with Gasteiger partial charge in [0.1, 0.15) is 17.5 Å². The predicted molar refractivity (Wildman–Crippen MR) is 109 cm³/mol. The van der Waals surface area contributed by atoms with Crippen LogP contribution in [0.1, 0.15) is 6.42 Å². The zero-order valence-electron chi connectivity index (χ0n) is 16.6. The van der Waals surface area contributed by atoms with Crippen LogP contribution in [0.5, 0.6) is 11.5 Å². The molecule has 0 bridgehead atoms. The molecule has 1 atom stereocenters. The summed E-state index contributed by atoms with van der Waals surface area (Å²) < 4.78 is 38.4. The first-order chi connectivity index (χ1) is 14.9. The zero-order chi connectivity index (χ0) is 22.3. The number of para-hydroxylation sites is 1. The van der Waals surface area contributed by atoms with Crippen molar-refractivity contribution in [1.82, 2.24) is 15.1 Å². The number of carbonyl (C=O) groups is 2. The van der Waals surface area contributed by atoms with Crippen LogP contribution in [0.25, 0.3) is 0 Å². The molecule has 0 unspecified atom stereocenters. The lowest BCUT2D eigenvalue weighted by Crippen LogP contribution is -2.50. The Morgan fingerprint density at radius 2 is 1.65 bits per heavy atom. The topological polar surface area (TPSA) is 134 Å². The van der Waals surface area contributed by atoms with E-state index in [1.807, 2.05) is 18.2 Å². The molecule has 0 aliphatic carbocycles. The van der Waals surface area contributed by atoms with Gasteiger partial charge >= 0.3 is 0 Å². The van der Waals surface area contributed by atoms with Crippen LogP contribution in [0.15, 0.2) is 59.5 Å². The normalized spacial score (nSPS) is 15.2. The summed E-state index contributed by atoms with van der Waals surface area (Å²) in [7, 11) is -4.15. The fourth-order valence-electron chi connectivity index (χ4n) is 2.95. The Morgan fingerprint density at radius 1 is 1.03 bits per heavy atom. The summed E-state index contributed by atoms with van der Waals surface area (Å²) in [6.45, 7) is 1.43. The largest absolute Gasteiger partial charge is 0.457 e. The fourth-order valence-corrected chi connectivity index (χ4v) is 4.14. The van der Waals surface area contributed by atoms with Gasteiger partial charge in [0.25, 0.3) is 5.91 Å². The van der Waals surface area contributed by atoms with E-state index in [1.165, 1.54) is 34.6 Å². The maximum absolute atomic E-state index is 12.7. The highest BCUT2D eigenvalue weighted by atomic mass is 32.2. The Kier molecular flexibility index (Phi) is 7.58. The second-order valence-electron chi connectivity index (χ2n) is 6.73. The van der Waals surface area contributed by atoms with Crippen LogP contribution in [-0.2, 0) is 24.3 Å². The Labute approximate surface area is 179 Å². The van der Waals surface area contributed by atoms with Crippen molar-refractivity contribution in [2.45, 2.75) is 17.4 Å². The van der Waals surface area contributed by atoms with Crippen molar-refractivity contribution in [1.29, 1.82) is 0 Å². The van der Waals surface area contributed by atoms with Gasteiger partial charge in [0.05, 0.1) is 24.5 Å². The molecule has 2 amide bonds. The number of hydrogen-bond acceptors (Lipinski definition) is 7. The summed E-state index contributed by atoms with van der Waals surface area (Å²) in [6.07, 6.45) is -0.444. The molecule has 166 valence electrons. The Balaban J connectivity index is 1.69. The van der Waals surface area contributed by atoms with Crippen molar-refractivity contribution >= 4 is 21.8 Å². The number of hydrogen-bond donors (Lipinski definition) is 3. The standard InChI is InChI=1S/C20H23N3O7S/c24-19(23-10-12-29-13-11-23)14-18(20(25)21-26)22-31(27,28)17-8-6-16(7-9-17)30-15-4-2-1-3-5-15/h1-9,18,22,26H,10-14H2,(H,21,25)/t18-/m1/s1. The number of carbonyl (C=O) groups excluding carboxylic acids is 2. The van der Waals surface area contributed by atoms with Crippen molar-refractivity contribution in [2.75, 3.05) is 26.3 Å². The number of hydroxylamine groups is 1. The predicted octanol–water partition coefficient (Wildman–Crippen LogP) is 0.880. The van der Waals surface area contributed by atoms with Crippen molar-refractivity contribution in [3.05, 3.63) is 54.6 Å². The summed E-state index contributed by atoms with van der Waals surface area (Å²) in [5.41, 5.74) is 1.40. The first kappa shape index (κ1) is 22.7. The molecule has 0 spiro atoms. The van der Waals surface area contributed by atoms with E-state index in [1.54, 1.807) is 12.1 Å². The van der Waals surface area contributed by atoms with Crippen molar-refractivity contribution in [3.8, 4) is 11.5 Å². The van der Waals surface area contributed by atoms with Gasteiger partial charge in [-0.25, -0.2) is 13.9 Å². The first-order valence-electron chi connectivity index (χ1n) is 9.54. The Hall–Kier alpha value is -2.99. The zero-order valence-corrected chi connectivity index (χ0v) is 17.4. The lowest BCUT2D eigenvalue weighted by Gasteiger charge is -2.28. The summed E-state index contributed by atoms with van der Waals surface area (Å²) in [5, 5.41) is 8.98. The summed E-state index contributed by atoms with van der Waals surface area (Å²) in [6, 6.07) is 13.1. The minimum Gasteiger partial charge on any atom is -0.457 e. The fraction of sp³-hybridized carbons (Fsp3) is 0.300. The SMILES string of the molecule is O=C(NO)[C@@H](CC(=O)N1CCOCC1)NS(=O)(=O)c1ccc(Oc2ccccc2)cc1. The third-order valence-electron chi connectivity index (χ3n) is 4.58. The van der Waals surface area contributed by atoms with E-state index < -0.39 is 34.3 Å². The van der Waals surface area contributed by atoms with Crippen LogP contribution in [0, 0.1) is 0 Å². The minimum atomic E-state index is -4.15. The highest BCUT2D eigenvalue weighted by molar-refractivity contribution is 7.89. The third-order valence-corrected chi connectivity index (χ3v) is 6.07. The molecule has 1 aliphatic rings. The van der Waals surface area contributed by atoms with Gasteiger partial charge in [-0.05, 0) is 36.4 Å². The summed E-state index contributed by atoms with van der Waals surface area (Å²) >= 11 is 0. The molecule has 1 aliphatic heterocycles. The van der Waals surface area contributed by atoms with Crippen molar-refractivity contribution in [3.63, 3.8) is 0 Å². The number of benzene rings is 2. The molecule has 1 saturated heterocycles. The van der Waals surface area contributed by atoms with Gasteiger partial charge in [0, 0.05) is 13.1 Å². The number of nitrogens with zero attached hydrogens (tertiary/aromatic N) is 1. The smallest absolute Gasteiger partial charge is 0.262 e. The van der Waals surface area contributed by atoms with Crippen LogP contribution < -0.4 is 14.9 Å². The van der Waals surface area contributed by atoms with Crippen molar-refractivity contribution < 1.29 is 32.7 Å². The van der Waals surface area contributed by atoms with E-state index in [-0.39, 0.29) is 4.90 Å². The molecule has 0 saturated carbocycles. The van der Waals surface area contributed by atoms with Gasteiger partial charge in [-0.1, -0.05) is 18.2 Å². The van der Waals surface area contributed by atoms with E-state index in [4.69, 9.17) is 14.7 Å². The van der Waals surface area contributed by atoms with Gasteiger partial charge in [-0.2, -0.15) is 4.72 Å². The monoisotopic (exact) mass is 449 g/mol. The van der Waals surface area contributed by atoms with Gasteiger partial charge in [0.15, 0.2) is 0 Å². The Bertz CT molecular complexity index is 991. The number of amides is 2. The molecule has 2 aromatic rings. The second kappa shape index (κ2) is 10.4. The first-order valence-corrected chi connectivity index (χ1v) is 11.0. The highest BCUT2D eigenvalue weighted by Gasteiger charge is 2.30. The van der Waals surface area contributed by atoms with E-state index in [0.29, 0.717) is 37.8 Å². The average molecular weight is 449 g/mol. The van der Waals surface area contributed by atoms with Crippen molar-refractivity contribution in [2.24, 2.45) is 0 Å². The van der Waals surface area contributed by atoms with Crippen LogP contribution in [0.2, 0.25) is 0 Å². The number of nitrogens with one attached hydrogen (secondary N) is 2. The van der Waals surface area contributed by atoms with Crippen LogP contribution in [0.3, 0.4) is 0 Å². The molecule has 10 nitrogen and oxygen atoms in total. The molecule has 11 heteroatoms. The summed E-state index contributed by atoms with van der Waals surface area (Å²) in [5.74, 6) is -0.435. The molecular weight excluding hydrogens is 426 g/mol. The lowest BCUT2D eigenvalue weighted by atomic mass is 10.2. The van der Waals surface area contributed by atoms with Gasteiger partial charge in [0.2, 0.25) is 15.9 Å². The molecule has 1 fully saturated rings. The molecule has 3 N–H and O–H groups in total.